The first-order chi connectivity index (χ1) is 7.91. The minimum atomic E-state index is -0.790. The summed E-state index contributed by atoms with van der Waals surface area (Å²) >= 11 is 0. The first kappa shape index (κ1) is 12.4. The molecule has 0 radical (unpaired) electrons. The van der Waals surface area contributed by atoms with Crippen LogP contribution < -0.4 is 11.1 Å². The van der Waals surface area contributed by atoms with E-state index in [0.29, 0.717) is 18.8 Å². The van der Waals surface area contributed by atoms with Gasteiger partial charge in [0.15, 0.2) is 0 Å². The van der Waals surface area contributed by atoms with Crippen molar-refractivity contribution in [3.63, 3.8) is 0 Å². The minimum Gasteiger partial charge on any atom is -0.481 e. The zero-order valence-electron chi connectivity index (χ0n) is 10.1. The molecule has 2 saturated carbocycles. The predicted octanol–water partition coefficient (Wildman–Crippen LogP) is 0.483. The van der Waals surface area contributed by atoms with Crippen molar-refractivity contribution < 1.29 is 14.7 Å². The highest BCUT2D eigenvalue weighted by Crippen LogP contribution is 2.38. The molecule has 2 aliphatic rings. The smallest absolute Gasteiger partial charge is 0.306 e. The molecule has 5 heteroatoms. The SMILES string of the molecule is CC(N)(C(=O)NC1CCC(C(=O)O)C1)C1CC1. The van der Waals surface area contributed by atoms with Crippen LogP contribution in [0.15, 0.2) is 0 Å². The van der Waals surface area contributed by atoms with Gasteiger partial charge in [-0.25, -0.2) is 0 Å². The highest BCUT2D eigenvalue weighted by molar-refractivity contribution is 5.86. The Morgan fingerprint density at radius 3 is 2.41 bits per heavy atom. The largest absolute Gasteiger partial charge is 0.481 e. The van der Waals surface area contributed by atoms with Crippen molar-refractivity contribution >= 4 is 11.9 Å². The Balaban J connectivity index is 1.85. The van der Waals surface area contributed by atoms with Crippen LogP contribution in [0, 0.1) is 11.8 Å². The molecule has 4 N–H and O–H groups in total. The van der Waals surface area contributed by atoms with Crippen molar-refractivity contribution in [2.75, 3.05) is 0 Å². The van der Waals surface area contributed by atoms with E-state index in [2.05, 4.69) is 5.32 Å². The van der Waals surface area contributed by atoms with E-state index in [1.807, 2.05) is 0 Å². The van der Waals surface area contributed by atoms with Gasteiger partial charge in [0, 0.05) is 6.04 Å². The van der Waals surface area contributed by atoms with Crippen molar-refractivity contribution in [1.29, 1.82) is 0 Å². The van der Waals surface area contributed by atoms with E-state index in [1.54, 1.807) is 6.92 Å². The fourth-order valence-electron chi connectivity index (χ4n) is 2.55. The van der Waals surface area contributed by atoms with E-state index >= 15 is 0 Å². The summed E-state index contributed by atoms with van der Waals surface area (Å²) in [6, 6.07) is -0.0229. The number of nitrogens with two attached hydrogens (primary N) is 1. The summed E-state index contributed by atoms with van der Waals surface area (Å²) in [5.41, 5.74) is 5.22. The molecule has 2 aliphatic carbocycles. The summed E-state index contributed by atoms with van der Waals surface area (Å²) in [5.74, 6) is -0.917. The number of aliphatic carboxylic acids is 1. The third kappa shape index (κ3) is 2.60. The first-order valence-electron chi connectivity index (χ1n) is 6.24. The fourth-order valence-corrected chi connectivity index (χ4v) is 2.55. The molecule has 96 valence electrons. The van der Waals surface area contributed by atoms with Gasteiger partial charge in [0.1, 0.15) is 0 Å². The third-order valence-electron chi connectivity index (χ3n) is 4.03. The Hall–Kier alpha value is -1.10. The molecule has 0 heterocycles. The summed E-state index contributed by atoms with van der Waals surface area (Å²) in [6.07, 6.45) is 3.95. The summed E-state index contributed by atoms with van der Waals surface area (Å²) in [7, 11) is 0. The molecule has 0 aliphatic heterocycles. The van der Waals surface area contributed by atoms with Crippen LogP contribution in [0.4, 0.5) is 0 Å². The number of hydrogen-bond acceptors (Lipinski definition) is 3. The van der Waals surface area contributed by atoms with Crippen LogP contribution >= 0.6 is 0 Å². The van der Waals surface area contributed by atoms with Crippen molar-refractivity contribution in [3.8, 4) is 0 Å². The summed E-state index contributed by atoms with van der Waals surface area (Å²) in [6.45, 7) is 1.77. The molecule has 0 saturated heterocycles. The maximum Gasteiger partial charge on any atom is 0.306 e. The quantitative estimate of drug-likeness (QED) is 0.666. The summed E-state index contributed by atoms with van der Waals surface area (Å²) in [4.78, 5) is 22.8. The average Bonchev–Trinajstić information content (AvgIpc) is 3.00. The molecule has 1 amide bonds. The van der Waals surface area contributed by atoms with Gasteiger partial charge >= 0.3 is 5.97 Å². The van der Waals surface area contributed by atoms with E-state index in [0.717, 1.165) is 19.3 Å². The number of carboxylic acid groups (broad SMARTS) is 1. The van der Waals surface area contributed by atoms with Gasteiger partial charge in [0.25, 0.3) is 0 Å². The molecular formula is C12H20N2O3. The van der Waals surface area contributed by atoms with Crippen LogP contribution in [0.3, 0.4) is 0 Å². The molecular weight excluding hydrogens is 220 g/mol. The van der Waals surface area contributed by atoms with Crippen molar-refractivity contribution in [2.45, 2.75) is 50.6 Å². The zero-order valence-corrected chi connectivity index (χ0v) is 10.1. The number of amides is 1. The normalized spacial score (nSPS) is 31.9. The Morgan fingerprint density at radius 2 is 1.94 bits per heavy atom. The Bertz CT molecular complexity index is 337. The standard InChI is InChI=1S/C12H20N2O3/c1-12(13,8-3-4-8)11(17)14-9-5-2-7(6-9)10(15)16/h7-9H,2-6,13H2,1H3,(H,14,17)(H,15,16). The highest BCUT2D eigenvalue weighted by atomic mass is 16.4. The molecule has 5 nitrogen and oxygen atoms in total. The van der Waals surface area contributed by atoms with Crippen molar-refractivity contribution in [2.24, 2.45) is 17.6 Å². The van der Waals surface area contributed by atoms with Crippen LogP contribution in [0.5, 0.6) is 0 Å². The fraction of sp³-hybridized carbons (Fsp3) is 0.833. The zero-order chi connectivity index (χ0) is 12.6. The number of carboxylic acids is 1. The molecule has 17 heavy (non-hydrogen) atoms. The Labute approximate surface area is 101 Å². The predicted molar refractivity (Wildman–Crippen MR) is 62.2 cm³/mol. The van der Waals surface area contributed by atoms with Crippen LogP contribution in [-0.4, -0.2) is 28.6 Å². The lowest BCUT2D eigenvalue weighted by Gasteiger charge is -2.25. The Morgan fingerprint density at radius 1 is 1.29 bits per heavy atom. The van der Waals surface area contributed by atoms with Gasteiger partial charge in [-0.3, -0.25) is 9.59 Å². The molecule has 0 aromatic carbocycles. The Kier molecular flexibility index (Phi) is 3.12. The van der Waals surface area contributed by atoms with E-state index in [4.69, 9.17) is 10.8 Å². The number of nitrogens with one attached hydrogen (secondary N) is 1. The maximum atomic E-state index is 12.0. The van der Waals surface area contributed by atoms with E-state index in [1.165, 1.54) is 0 Å². The maximum absolute atomic E-state index is 12.0. The van der Waals surface area contributed by atoms with Gasteiger partial charge in [0.2, 0.25) is 5.91 Å². The number of carbonyl (C=O) groups is 2. The molecule has 3 atom stereocenters. The molecule has 0 aromatic heterocycles. The lowest BCUT2D eigenvalue weighted by Crippen LogP contribution is -2.55. The second-order valence-electron chi connectivity index (χ2n) is 5.58. The van der Waals surface area contributed by atoms with Gasteiger partial charge in [-0.05, 0) is 44.9 Å². The molecule has 2 rings (SSSR count). The first-order valence-corrected chi connectivity index (χ1v) is 6.24. The van der Waals surface area contributed by atoms with Gasteiger partial charge in [-0.2, -0.15) is 0 Å². The summed E-state index contributed by atoms with van der Waals surface area (Å²) in [5, 5.41) is 11.8. The highest BCUT2D eigenvalue weighted by Gasteiger charge is 2.45. The minimum absolute atomic E-state index is 0.0229. The molecule has 3 unspecified atom stereocenters. The van der Waals surface area contributed by atoms with Crippen LogP contribution in [0.25, 0.3) is 0 Å². The van der Waals surface area contributed by atoms with E-state index in [-0.39, 0.29) is 17.9 Å². The summed E-state index contributed by atoms with van der Waals surface area (Å²) < 4.78 is 0. The van der Waals surface area contributed by atoms with Crippen molar-refractivity contribution in [1.82, 2.24) is 5.32 Å². The second kappa shape index (κ2) is 4.29. The molecule has 2 fully saturated rings. The van der Waals surface area contributed by atoms with Gasteiger partial charge in [-0.1, -0.05) is 0 Å². The molecule has 0 bridgehead atoms. The average molecular weight is 240 g/mol. The van der Waals surface area contributed by atoms with Gasteiger partial charge < -0.3 is 16.2 Å². The monoisotopic (exact) mass is 240 g/mol. The lowest BCUT2D eigenvalue weighted by molar-refractivity contribution is -0.141. The number of rotatable bonds is 4. The third-order valence-corrected chi connectivity index (χ3v) is 4.03. The van der Waals surface area contributed by atoms with Crippen LogP contribution in [0.1, 0.15) is 39.0 Å². The molecule has 0 spiro atoms. The van der Waals surface area contributed by atoms with E-state index in [9.17, 15) is 9.59 Å². The molecule has 0 aromatic rings. The van der Waals surface area contributed by atoms with Gasteiger partial charge in [0.05, 0.1) is 11.5 Å². The van der Waals surface area contributed by atoms with Crippen LogP contribution in [-0.2, 0) is 9.59 Å². The topological polar surface area (TPSA) is 92.4 Å². The van der Waals surface area contributed by atoms with Crippen LogP contribution in [0.2, 0.25) is 0 Å². The lowest BCUT2D eigenvalue weighted by atomic mass is 9.95. The number of carbonyl (C=O) groups excluding carboxylic acids is 1. The van der Waals surface area contributed by atoms with Gasteiger partial charge in [-0.15, -0.1) is 0 Å². The number of hydrogen-bond donors (Lipinski definition) is 3. The van der Waals surface area contributed by atoms with E-state index < -0.39 is 11.5 Å². The second-order valence-corrected chi connectivity index (χ2v) is 5.58. The van der Waals surface area contributed by atoms with Crippen molar-refractivity contribution in [3.05, 3.63) is 0 Å².